The number of halogens is 1. The van der Waals surface area contributed by atoms with Crippen LogP contribution in [0.3, 0.4) is 0 Å². The highest BCUT2D eigenvalue weighted by Gasteiger charge is 2.61. The minimum atomic E-state index is -0.589. The average molecular weight is 396 g/mol. The maximum Gasteiger partial charge on any atom is 0.343 e. The summed E-state index contributed by atoms with van der Waals surface area (Å²) in [7, 11) is 0. The highest BCUT2D eigenvalue weighted by molar-refractivity contribution is 6.32. The average Bonchev–Trinajstić information content (AvgIpc) is 3.37. The summed E-state index contributed by atoms with van der Waals surface area (Å²) in [5.41, 5.74) is 0.690. The van der Waals surface area contributed by atoms with E-state index >= 15 is 0 Å². The molecule has 142 valence electrons. The molecule has 4 atom stereocenters. The van der Waals surface area contributed by atoms with E-state index < -0.39 is 5.97 Å². The minimum absolute atomic E-state index is 0.126. The van der Waals surface area contributed by atoms with Gasteiger partial charge in [-0.05, 0) is 61.4 Å². The third kappa shape index (κ3) is 2.57. The van der Waals surface area contributed by atoms with Crippen LogP contribution >= 0.6 is 11.6 Å². The van der Waals surface area contributed by atoms with Crippen molar-refractivity contribution in [1.82, 2.24) is 0 Å². The van der Waals surface area contributed by atoms with Crippen molar-refractivity contribution in [3.8, 4) is 5.75 Å². The van der Waals surface area contributed by atoms with Gasteiger partial charge in [-0.3, -0.25) is 14.5 Å². The van der Waals surface area contributed by atoms with E-state index in [2.05, 4.69) is 0 Å². The van der Waals surface area contributed by atoms with Crippen LogP contribution in [0.1, 0.15) is 29.6 Å². The lowest BCUT2D eigenvalue weighted by Gasteiger charge is -2.19. The molecule has 2 aromatic carbocycles. The van der Waals surface area contributed by atoms with Crippen molar-refractivity contribution in [3.05, 3.63) is 59.1 Å². The minimum Gasteiger partial charge on any atom is -0.421 e. The maximum atomic E-state index is 13.0. The number of para-hydroxylation sites is 1. The monoisotopic (exact) mass is 395 g/mol. The summed E-state index contributed by atoms with van der Waals surface area (Å²) in [5, 5.41) is 0.334. The number of fused-ring (bicyclic) bond motifs is 5. The number of nitrogens with zero attached hydrogens (tertiary/aromatic N) is 1. The van der Waals surface area contributed by atoms with Gasteiger partial charge in [0.05, 0.1) is 28.1 Å². The molecule has 0 radical (unpaired) electrons. The smallest absolute Gasteiger partial charge is 0.343 e. The Kier molecular flexibility index (Phi) is 4.02. The van der Waals surface area contributed by atoms with Crippen molar-refractivity contribution in [2.45, 2.75) is 19.3 Å². The van der Waals surface area contributed by atoms with Gasteiger partial charge >= 0.3 is 5.97 Å². The summed E-state index contributed by atoms with van der Waals surface area (Å²) in [6.07, 6.45) is 3.05. The molecule has 3 aliphatic rings. The number of hydrogen-bond donors (Lipinski definition) is 0. The molecule has 6 heteroatoms. The second-order valence-electron chi connectivity index (χ2n) is 7.77. The predicted molar refractivity (Wildman–Crippen MR) is 103 cm³/mol. The fraction of sp³-hybridized carbons (Fsp3) is 0.318. The summed E-state index contributed by atoms with van der Waals surface area (Å²) >= 11 is 6.04. The van der Waals surface area contributed by atoms with Gasteiger partial charge in [-0.25, -0.2) is 4.79 Å². The lowest BCUT2D eigenvalue weighted by molar-refractivity contribution is -0.123. The van der Waals surface area contributed by atoms with E-state index in [-0.39, 0.29) is 35.0 Å². The van der Waals surface area contributed by atoms with E-state index in [4.69, 9.17) is 16.3 Å². The summed E-state index contributed by atoms with van der Waals surface area (Å²) in [6, 6.07) is 13.2. The molecule has 1 aliphatic heterocycles. The van der Waals surface area contributed by atoms with E-state index in [0.29, 0.717) is 22.5 Å². The number of amides is 2. The van der Waals surface area contributed by atoms with Crippen LogP contribution in [-0.4, -0.2) is 17.8 Å². The molecule has 0 spiro atoms. The van der Waals surface area contributed by atoms with Gasteiger partial charge < -0.3 is 4.74 Å². The van der Waals surface area contributed by atoms with Crippen molar-refractivity contribution in [2.75, 3.05) is 4.90 Å². The zero-order valence-corrected chi connectivity index (χ0v) is 15.8. The maximum absolute atomic E-state index is 13.0. The van der Waals surface area contributed by atoms with Gasteiger partial charge in [0, 0.05) is 0 Å². The Morgan fingerprint density at radius 3 is 2.32 bits per heavy atom. The van der Waals surface area contributed by atoms with Crippen LogP contribution in [-0.2, 0) is 9.59 Å². The fourth-order valence-corrected chi connectivity index (χ4v) is 5.30. The first-order chi connectivity index (χ1) is 13.5. The predicted octanol–water partition coefficient (Wildman–Crippen LogP) is 4.09. The van der Waals surface area contributed by atoms with E-state index in [9.17, 15) is 14.4 Å². The zero-order valence-electron chi connectivity index (χ0n) is 15.0. The molecule has 1 saturated heterocycles. The van der Waals surface area contributed by atoms with Crippen LogP contribution in [0.4, 0.5) is 5.69 Å². The first-order valence-electron chi connectivity index (χ1n) is 9.49. The number of ether oxygens (including phenoxy) is 1. The Balaban J connectivity index is 1.42. The Bertz CT molecular complexity index is 976. The third-order valence-corrected chi connectivity index (χ3v) is 6.62. The molecule has 3 fully saturated rings. The Morgan fingerprint density at radius 2 is 1.64 bits per heavy atom. The first-order valence-corrected chi connectivity index (χ1v) is 9.87. The fourth-order valence-electron chi connectivity index (χ4n) is 5.12. The van der Waals surface area contributed by atoms with Crippen molar-refractivity contribution >= 4 is 35.1 Å². The molecule has 1 heterocycles. The van der Waals surface area contributed by atoms with E-state index in [1.165, 1.54) is 11.0 Å². The zero-order chi connectivity index (χ0) is 19.4. The van der Waals surface area contributed by atoms with Gasteiger partial charge in [0.15, 0.2) is 0 Å². The molecule has 2 aliphatic carbocycles. The van der Waals surface area contributed by atoms with Gasteiger partial charge in [0.1, 0.15) is 5.75 Å². The Labute approximate surface area is 167 Å². The Hall–Kier alpha value is -2.66. The lowest BCUT2D eigenvalue weighted by Crippen LogP contribution is -2.32. The highest BCUT2D eigenvalue weighted by atomic mass is 35.5. The quantitative estimate of drug-likeness (QED) is 0.446. The third-order valence-electron chi connectivity index (χ3n) is 6.31. The van der Waals surface area contributed by atoms with Crippen LogP contribution in [0.15, 0.2) is 48.5 Å². The molecular weight excluding hydrogens is 378 g/mol. The molecule has 2 amide bonds. The van der Waals surface area contributed by atoms with Gasteiger partial charge in [-0.15, -0.1) is 0 Å². The van der Waals surface area contributed by atoms with Gasteiger partial charge in [-0.1, -0.05) is 29.8 Å². The summed E-state index contributed by atoms with van der Waals surface area (Å²) in [4.78, 5) is 39.8. The summed E-state index contributed by atoms with van der Waals surface area (Å²) in [5.74, 6) is -0.310. The molecule has 28 heavy (non-hydrogen) atoms. The summed E-state index contributed by atoms with van der Waals surface area (Å²) < 4.78 is 5.36. The number of anilines is 1. The van der Waals surface area contributed by atoms with Crippen molar-refractivity contribution in [3.63, 3.8) is 0 Å². The van der Waals surface area contributed by atoms with Gasteiger partial charge in [0.25, 0.3) is 0 Å². The molecule has 2 aromatic rings. The normalized spacial score (nSPS) is 28.0. The SMILES string of the molecule is O=C(Oc1ccccc1Cl)c1cccc(N2C(=O)[C@H]3[C@@H]4CC[C@@H](C4)[C@@H]3C2=O)c1. The summed E-state index contributed by atoms with van der Waals surface area (Å²) in [6.45, 7) is 0. The molecule has 2 saturated carbocycles. The number of esters is 1. The van der Waals surface area contributed by atoms with Crippen molar-refractivity contribution in [2.24, 2.45) is 23.7 Å². The topological polar surface area (TPSA) is 63.7 Å². The number of rotatable bonds is 3. The van der Waals surface area contributed by atoms with E-state index in [1.54, 1.807) is 42.5 Å². The molecule has 5 rings (SSSR count). The largest absolute Gasteiger partial charge is 0.421 e. The van der Waals surface area contributed by atoms with Crippen molar-refractivity contribution in [1.29, 1.82) is 0 Å². The van der Waals surface area contributed by atoms with Gasteiger partial charge in [0.2, 0.25) is 11.8 Å². The van der Waals surface area contributed by atoms with E-state index in [1.807, 2.05) is 0 Å². The van der Waals surface area contributed by atoms with Crippen LogP contribution in [0.5, 0.6) is 5.75 Å². The second kappa shape index (κ2) is 6.45. The first kappa shape index (κ1) is 17.4. The van der Waals surface area contributed by atoms with E-state index in [0.717, 1.165) is 19.3 Å². The Morgan fingerprint density at radius 1 is 0.964 bits per heavy atom. The molecule has 0 aromatic heterocycles. The van der Waals surface area contributed by atoms with Crippen molar-refractivity contribution < 1.29 is 19.1 Å². The molecule has 5 nitrogen and oxygen atoms in total. The number of carbonyl (C=O) groups excluding carboxylic acids is 3. The number of carbonyl (C=O) groups is 3. The molecule has 0 N–H and O–H groups in total. The number of imide groups is 1. The van der Waals surface area contributed by atoms with Crippen LogP contribution in [0.2, 0.25) is 5.02 Å². The second-order valence-corrected chi connectivity index (χ2v) is 8.17. The molecular formula is C22H18ClNO4. The van der Waals surface area contributed by atoms with Crippen LogP contribution < -0.4 is 9.64 Å². The number of hydrogen-bond acceptors (Lipinski definition) is 4. The molecule has 2 bridgehead atoms. The standard InChI is InChI=1S/C22H18ClNO4/c23-16-6-1-2-7-17(16)28-22(27)14-4-3-5-15(11-14)24-20(25)18-12-8-9-13(10-12)19(18)21(24)26/h1-7,11-13,18-19H,8-10H2/t12-,13+,18-,19-/m0/s1. The van der Waals surface area contributed by atoms with Crippen LogP contribution in [0.25, 0.3) is 0 Å². The molecule has 0 unspecified atom stereocenters. The lowest BCUT2D eigenvalue weighted by atomic mass is 9.81. The number of benzene rings is 2. The van der Waals surface area contributed by atoms with Crippen LogP contribution in [0, 0.1) is 23.7 Å². The highest BCUT2D eigenvalue weighted by Crippen LogP contribution is 2.56. The van der Waals surface area contributed by atoms with Gasteiger partial charge in [-0.2, -0.15) is 0 Å².